The van der Waals surface area contributed by atoms with Gasteiger partial charge >= 0.3 is 0 Å². The molecule has 2 heterocycles. The highest BCUT2D eigenvalue weighted by Crippen LogP contribution is 2.22. The summed E-state index contributed by atoms with van der Waals surface area (Å²) in [5, 5.41) is 0. The number of anilines is 1. The van der Waals surface area contributed by atoms with Crippen molar-refractivity contribution >= 4 is 21.8 Å². The highest BCUT2D eigenvalue weighted by Gasteiger charge is 2.24. The standard InChI is InChI=1S/C15H21N3O4S/c19-15-5-2-6-18(15)14-4-1-3-13(11-14)12-16-23(20,21)17-7-9-22-10-8-17/h1,3-4,11,16H,2,5-10,12H2. The topological polar surface area (TPSA) is 79.0 Å². The van der Waals surface area contributed by atoms with Gasteiger partial charge in [-0.3, -0.25) is 4.79 Å². The summed E-state index contributed by atoms with van der Waals surface area (Å²) >= 11 is 0. The van der Waals surface area contributed by atoms with Gasteiger partial charge in [-0.1, -0.05) is 12.1 Å². The van der Waals surface area contributed by atoms with Crippen LogP contribution in [0.3, 0.4) is 0 Å². The van der Waals surface area contributed by atoms with Gasteiger partial charge in [-0.15, -0.1) is 0 Å². The Morgan fingerprint density at radius 1 is 1.17 bits per heavy atom. The minimum absolute atomic E-state index is 0.121. The van der Waals surface area contributed by atoms with Gasteiger partial charge in [0.1, 0.15) is 0 Å². The first kappa shape index (κ1) is 16.4. The van der Waals surface area contributed by atoms with Gasteiger partial charge in [-0.05, 0) is 24.1 Å². The molecule has 0 bridgehead atoms. The van der Waals surface area contributed by atoms with Crippen molar-refractivity contribution in [1.82, 2.24) is 9.03 Å². The summed E-state index contributed by atoms with van der Waals surface area (Å²) in [6.07, 6.45) is 1.45. The highest BCUT2D eigenvalue weighted by molar-refractivity contribution is 7.87. The maximum atomic E-state index is 12.2. The van der Waals surface area contributed by atoms with Gasteiger partial charge in [0.15, 0.2) is 0 Å². The van der Waals surface area contributed by atoms with Crippen molar-refractivity contribution in [3.8, 4) is 0 Å². The smallest absolute Gasteiger partial charge is 0.279 e. The van der Waals surface area contributed by atoms with Crippen molar-refractivity contribution in [1.29, 1.82) is 0 Å². The van der Waals surface area contributed by atoms with E-state index in [2.05, 4.69) is 4.72 Å². The first-order chi connectivity index (χ1) is 11.1. The lowest BCUT2D eigenvalue weighted by atomic mass is 10.2. The summed E-state index contributed by atoms with van der Waals surface area (Å²) in [7, 11) is -3.50. The number of rotatable bonds is 5. The van der Waals surface area contributed by atoms with Crippen LogP contribution in [-0.2, 0) is 26.3 Å². The maximum absolute atomic E-state index is 12.2. The number of amides is 1. The zero-order valence-electron chi connectivity index (χ0n) is 12.9. The third-order valence-corrected chi connectivity index (χ3v) is 5.62. The molecule has 0 aliphatic carbocycles. The van der Waals surface area contributed by atoms with Crippen molar-refractivity contribution in [2.75, 3.05) is 37.7 Å². The molecule has 1 aromatic carbocycles. The van der Waals surface area contributed by atoms with Crippen LogP contribution in [0.1, 0.15) is 18.4 Å². The molecule has 2 saturated heterocycles. The lowest BCUT2D eigenvalue weighted by Gasteiger charge is -2.26. The Morgan fingerprint density at radius 3 is 2.65 bits per heavy atom. The third-order valence-electron chi connectivity index (χ3n) is 4.06. The molecule has 0 atom stereocenters. The van der Waals surface area contributed by atoms with E-state index in [4.69, 9.17) is 4.74 Å². The van der Waals surface area contributed by atoms with E-state index in [-0.39, 0.29) is 12.5 Å². The number of benzene rings is 1. The van der Waals surface area contributed by atoms with E-state index < -0.39 is 10.2 Å². The fourth-order valence-corrected chi connectivity index (χ4v) is 3.97. The Hall–Kier alpha value is -1.48. The molecule has 1 aromatic rings. The zero-order chi connectivity index (χ0) is 16.3. The summed E-state index contributed by atoms with van der Waals surface area (Å²) in [4.78, 5) is 13.6. The quantitative estimate of drug-likeness (QED) is 0.846. The molecule has 7 nitrogen and oxygen atoms in total. The number of carbonyl (C=O) groups excluding carboxylic acids is 1. The molecule has 0 aromatic heterocycles. The molecule has 0 saturated carbocycles. The summed E-state index contributed by atoms with van der Waals surface area (Å²) in [6.45, 7) is 2.52. The van der Waals surface area contributed by atoms with Gasteiger partial charge in [0.05, 0.1) is 13.2 Å². The number of ether oxygens (including phenoxy) is 1. The van der Waals surface area contributed by atoms with Crippen LogP contribution in [0.25, 0.3) is 0 Å². The fourth-order valence-electron chi connectivity index (χ4n) is 2.81. The number of hydrogen-bond donors (Lipinski definition) is 1. The second-order valence-corrected chi connectivity index (χ2v) is 7.41. The van der Waals surface area contributed by atoms with Crippen LogP contribution in [0.15, 0.2) is 24.3 Å². The van der Waals surface area contributed by atoms with E-state index in [9.17, 15) is 13.2 Å². The molecule has 0 unspecified atom stereocenters. The molecule has 0 spiro atoms. The van der Waals surface area contributed by atoms with Crippen molar-refractivity contribution in [3.63, 3.8) is 0 Å². The monoisotopic (exact) mass is 339 g/mol. The van der Waals surface area contributed by atoms with Crippen LogP contribution in [0.2, 0.25) is 0 Å². The van der Waals surface area contributed by atoms with Crippen molar-refractivity contribution < 1.29 is 17.9 Å². The molecule has 126 valence electrons. The largest absolute Gasteiger partial charge is 0.379 e. The Bertz CT molecular complexity index is 671. The minimum Gasteiger partial charge on any atom is -0.379 e. The van der Waals surface area contributed by atoms with Gasteiger partial charge in [-0.2, -0.15) is 17.4 Å². The average Bonchev–Trinajstić information content (AvgIpc) is 3.00. The third kappa shape index (κ3) is 3.89. The molecule has 1 N–H and O–H groups in total. The van der Waals surface area contributed by atoms with Crippen molar-refractivity contribution in [2.45, 2.75) is 19.4 Å². The number of hydrogen-bond acceptors (Lipinski definition) is 4. The molecule has 2 aliphatic rings. The summed E-state index contributed by atoms with van der Waals surface area (Å²) < 4.78 is 33.7. The van der Waals surface area contributed by atoms with Gasteiger partial charge in [0.25, 0.3) is 10.2 Å². The molecular formula is C15H21N3O4S. The minimum atomic E-state index is -3.50. The van der Waals surface area contributed by atoms with Gasteiger partial charge in [0.2, 0.25) is 5.91 Å². The number of nitrogens with one attached hydrogen (secondary N) is 1. The Balaban J connectivity index is 1.65. The van der Waals surface area contributed by atoms with Gasteiger partial charge < -0.3 is 9.64 Å². The van der Waals surface area contributed by atoms with E-state index in [1.54, 1.807) is 4.90 Å². The van der Waals surface area contributed by atoms with E-state index in [0.29, 0.717) is 32.7 Å². The second-order valence-electron chi connectivity index (χ2n) is 5.66. The summed E-state index contributed by atoms with van der Waals surface area (Å²) in [6, 6.07) is 7.44. The average molecular weight is 339 g/mol. The SMILES string of the molecule is O=C1CCCN1c1cccc(CNS(=O)(=O)N2CCOCC2)c1. The molecule has 3 rings (SSSR count). The van der Waals surface area contributed by atoms with Gasteiger partial charge in [-0.25, -0.2) is 0 Å². The lowest BCUT2D eigenvalue weighted by molar-refractivity contribution is -0.117. The fraction of sp³-hybridized carbons (Fsp3) is 0.533. The van der Waals surface area contributed by atoms with Crippen LogP contribution >= 0.6 is 0 Å². The zero-order valence-corrected chi connectivity index (χ0v) is 13.7. The predicted molar refractivity (Wildman–Crippen MR) is 86.2 cm³/mol. The molecule has 23 heavy (non-hydrogen) atoms. The van der Waals surface area contributed by atoms with Crippen LogP contribution in [0.4, 0.5) is 5.69 Å². The van der Waals surface area contributed by atoms with E-state index in [0.717, 1.165) is 24.2 Å². The molecule has 2 fully saturated rings. The Morgan fingerprint density at radius 2 is 1.96 bits per heavy atom. The molecule has 0 radical (unpaired) electrons. The van der Waals surface area contributed by atoms with Crippen LogP contribution < -0.4 is 9.62 Å². The normalized spacial score (nSPS) is 20.2. The number of carbonyl (C=O) groups is 1. The van der Waals surface area contributed by atoms with Gasteiger partial charge in [0, 0.05) is 38.3 Å². The molecule has 1 amide bonds. The maximum Gasteiger partial charge on any atom is 0.279 e. The first-order valence-corrected chi connectivity index (χ1v) is 9.22. The summed E-state index contributed by atoms with van der Waals surface area (Å²) in [5.74, 6) is 0.121. The van der Waals surface area contributed by atoms with Crippen molar-refractivity contribution in [2.24, 2.45) is 0 Å². The van der Waals surface area contributed by atoms with E-state index >= 15 is 0 Å². The number of nitrogens with zero attached hydrogens (tertiary/aromatic N) is 2. The molecular weight excluding hydrogens is 318 g/mol. The number of morpholine rings is 1. The highest BCUT2D eigenvalue weighted by atomic mass is 32.2. The van der Waals surface area contributed by atoms with E-state index in [1.165, 1.54) is 4.31 Å². The van der Waals surface area contributed by atoms with Crippen molar-refractivity contribution in [3.05, 3.63) is 29.8 Å². The predicted octanol–water partition coefficient (Wildman–Crippen LogP) is 0.480. The lowest BCUT2D eigenvalue weighted by Crippen LogP contribution is -2.46. The second kappa shape index (κ2) is 6.96. The summed E-state index contributed by atoms with van der Waals surface area (Å²) in [5.41, 5.74) is 1.66. The van der Waals surface area contributed by atoms with E-state index in [1.807, 2.05) is 24.3 Å². The Labute approximate surface area is 136 Å². The van der Waals surface area contributed by atoms with Crippen LogP contribution in [0.5, 0.6) is 0 Å². The molecule has 8 heteroatoms. The van der Waals surface area contributed by atoms with Crippen LogP contribution in [-0.4, -0.2) is 51.5 Å². The molecule has 2 aliphatic heterocycles. The first-order valence-electron chi connectivity index (χ1n) is 7.78. The Kier molecular flexibility index (Phi) is 4.96. The van der Waals surface area contributed by atoms with Crippen LogP contribution in [0, 0.1) is 0 Å².